The molecule has 1 aromatic heterocycles. The van der Waals surface area contributed by atoms with E-state index in [1.165, 1.54) is 18.4 Å². The van der Waals surface area contributed by atoms with E-state index in [-0.39, 0.29) is 17.2 Å². The predicted octanol–water partition coefficient (Wildman–Crippen LogP) is 5.30. The van der Waals surface area contributed by atoms with Crippen molar-refractivity contribution in [2.45, 2.75) is 77.9 Å². The number of carbonyl (C=O) groups excluding carboxylic acids is 1. The van der Waals surface area contributed by atoms with Crippen LogP contribution in [-0.4, -0.2) is 41.9 Å². The molecular formula is C22H38O6Si2. The molecule has 0 radical (unpaired) electrons. The summed E-state index contributed by atoms with van der Waals surface area (Å²) in [6.45, 7) is 18.3. The van der Waals surface area contributed by atoms with Gasteiger partial charge in [0.1, 0.15) is 11.7 Å². The zero-order valence-corrected chi connectivity index (χ0v) is 21.7. The molecule has 0 aliphatic rings. The summed E-state index contributed by atoms with van der Waals surface area (Å²) >= 11 is 0. The molecule has 1 rings (SSSR count). The Bertz CT molecular complexity index is 761. The number of esters is 1. The van der Waals surface area contributed by atoms with E-state index >= 15 is 0 Å². The van der Waals surface area contributed by atoms with Gasteiger partial charge in [0, 0.05) is 6.61 Å². The number of allylic oxidation sites excluding steroid dienone is 1. The third-order valence-corrected chi connectivity index (χ3v) is 11.7. The van der Waals surface area contributed by atoms with Gasteiger partial charge in [-0.1, -0.05) is 32.5 Å². The Morgan fingerprint density at radius 3 is 2.47 bits per heavy atom. The van der Waals surface area contributed by atoms with Gasteiger partial charge in [0.05, 0.1) is 12.9 Å². The second-order valence-corrected chi connectivity index (χ2v) is 18.2. The summed E-state index contributed by atoms with van der Waals surface area (Å²) in [5.74, 6) is -0.697. The van der Waals surface area contributed by atoms with Crippen molar-refractivity contribution in [2.24, 2.45) is 0 Å². The Morgan fingerprint density at radius 2 is 1.87 bits per heavy atom. The van der Waals surface area contributed by atoms with Gasteiger partial charge >= 0.3 is 11.6 Å². The van der Waals surface area contributed by atoms with Gasteiger partial charge in [0.2, 0.25) is 8.32 Å². The van der Waals surface area contributed by atoms with Crippen LogP contribution in [0.15, 0.2) is 39.4 Å². The average Bonchev–Trinajstić information content (AvgIpc) is 2.62. The molecule has 1 aromatic rings. The Balaban J connectivity index is 2.36. The summed E-state index contributed by atoms with van der Waals surface area (Å²) in [7, 11) is -3.69. The summed E-state index contributed by atoms with van der Waals surface area (Å²) in [4.78, 5) is 23.6. The van der Waals surface area contributed by atoms with Gasteiger partial charge in [-0.3, -0.25) is 0 Å². The van der Waals surface area contributed by atoms with Gasteiger partial charge in [-0.2, -0.15) is 0 Å². The molecule has 1 atom stereocenters. The largest absolute Gasteiger partial charge is 0.456 e. The Labute approximate surface area is 182 Å². The molecule has 0 aliphatic carbocycles. The molecule has 0 N–H and O–H groups in total. The van der Waals surface area contributed by atoms with Crippen molar-refractivity contribution in [3.8, 4) is 0 Å². The molecule has 0 saturated heterocycles. The summed E-state index contributed by atoms with van der Waals surface area (Å²) in [5.41, 5.74) is 1.34. The summed E-state index contributed by atoms with van der Waals surface area (Å²) in [5, 5.41) is 0.232. The lowest BCUT2D eigenvalue weighted by molar-refractivity contribution is 0.0216. The van der Waals surface area contributed by atoms with Crippen LogP contribution in [-0.2, 0) is 13.6 Å². The molecule has 30 heavy (non-hydrogen) atoms. The van der Waals surface area contributed by atoms with Crippen LogP contribution < -0.4 is 5.63 Å². The normalized spacial score (nSPS) is 14.1. The van der Waals surface area contributed by atoms with Gasteiger partial charge in [-0.25, -0.2) is 9.59 Å². The third-order valence-electron chi connectivity index (χ3n) is 5.26. The van der Waals surface area contributed by atoms with Gasteiger partial charge < -0.3 is 18.0 Å². The van der Waals surface area contributed by atoms with Crippen LogP contribution in [0.25, 0.3) is 0 Å². The SMILES string of the molecule is CC(CO[Si](C)(C)/C=C/CCCO[Si](C)(C)C(C)(C)C)OC(=O)c1cccoc1=O. The highest BCUT2D eigenvalue weighted by Crippen LogP contribution is 2.36. The minimum absolute atomic E-state index is 0.110. The summed E-state index contributed by atoms with van der Waals surface area (Å²) in [6.07, 6.45) is 4.86. The van der Waals surface area contributed by atoms with Crippen molar-refractivity contribution in [2.75, 3.05) is 13.2 Å². The lowest BCUT2D eigenvalue weighted by Crippen LogP contribution is -2.40. The third kappa shape index (κ3) is 9.12. The van der Waals surface area contributed by atoms with Crippen molar-refractivity contribution < 1.29 is 22.8 Å². The fourth-order valence-electron chi connectivity index (χ4n) is 2.29. The molecule has 0 bridgehead atoms. The fraction of sp³-hybridized carbons (Fsp3) is 0.636. The van der Waals surface area contributed by atoms with Gasteiger partial charge in [-0.15, -0.1) is 0 Å². The minimum Gasteiger partial charge on any atom is -0.456 e. The maximum absolute atomic E-state index is 12.1. The molecule has 0 saturated carbocycles. The minimum atomic E-state index is -2.02. The number of carbonyl (C=O) groups is 1. The van der Waals surface area contributed by atoms with E-state index in [2.05, 4.69) is 63.2 Å². The van der Waals surface area contributed by atoms with E-state index in [0.717, 1.165) is 19.4 Å². The Morgan fingerprint density at radius 1 is 1.20 bits per heavy atom. The first-order valence-electron chi connectivity index (χ1n) is 10.5. The van der Waals surface area contributed by atoms with Crippen LogP contribution in [0.2, 0.25) is 31.2 Å². The van der Waals surface area contributed by atoms with Crippen LogP contribution >= 0.6 is 0 Å². The molecule has 170 valence electrons. The number of hydrogen-bond acceptors (Lipinski definition) is 6. The number of unbranched alkanes of at least 4 members (excludes halogenated alkanes) is 1. The maximum atomic E-state index is 12.1. The molecule has 0 amide bonds. The lowest BCUT2D eigenvalue weighted by Gasteiger charge is -2.36. The summed E-state index contributed by atoms with van der Waals surface area (Å²) in [6, 6.07) is 2.87. The summed E-state index contributed by atoms with van der Waals surface area (Å²) < 4.78 is 22.2. The van der Waals surface area contributed by atoms with Crippen LogP contribution in [0, 0.1) is 0 Å². The second kappa shape index (κ2) is 11.2. The van der Waals surface area contributed by atoms with Crippen LogP contribution in [0.4, 0.5) is 0 Å². The highest BCUT2D eigenvalue weighted by molar-refractivity contribution is 6.76. The van der Waals surface area contributed by atoms with E-state index in [0.29, 0.717) is 0 Å². The van der Waals surface area contributed by atoms with Crippen molar-refractivity contribution >= 4 is 22.6 Å². The van der Waals surface area contributed by atoms with E-state index in [4.69, 9.17) is 13.6 Å². The predicted molar refractivity (Wildman–Crippen MR) is 125 cm³/mol. The van der Waals surface area contributed by atoms with E-state index < -0.39 is 34.3 Å². The van der Waals surface area contributed by atoms with Crippen molar-refractivity contribution in [1.82, 2.24) is 0 Å². The molecule has 8 heteroatoms. The molecular weight excluding hydrogens is 416 g/mol. The first kappa shape index (κ1) is 26.5. The van der Waals surface area contributed by atoms with Gasteiger partial charge in [-0.05, 0) is 63.1 Å². The maximum Gasteiger partial charge on any atom is 0.350 e. The van der Waals surface area contributed by atoms with Gasteiger partial charge in [0.15, 0.2) is 8.32 Å². The van der Waals surface area contributed by atoms with Crippen molar-refractivity contribution in [3.63, 3.8) is 0 Å². The topological polar surface area (TPSA) is 75.0 Å². The number of rotatable bonds is 11. The van der Waals surface area contributed by atoms with Crippen LogP contribution in [0.5, 0.6) is 0 Å². The number of hydrogen-bond donors (Lipinski definition) is 0. The molecule has 0 aromatic carbocycles. The Kier molecular flexibility index (Phi) is 9.93. The first-order chi connectivity index (χ1) is 13.8. The molecule has 0 aliphatic heterocycles. The molecule has 1 heterocycles. The van der Waals surface area contributed by atoms with E-state index in [1.807, 2.05) is 0 Å². The molecule has 1 unspecified atom stereocenters. The van der Waals surface area contributed by atoms with Gasteiger partial charge in [0.25, 0.3) is 0 Å². The second-order valence-electron chi connectivity index (χ2n) is 9.60. The standard InChI is InChI=1S/C22H38O6Si2/c1-18(28-21(24)19-13-12-14-25-20(19)23)17-27-29(5,6)16-11-9-10-15-26-30(7,8)22(2,3)4/h11-14,16,18H,9-10,15,17H2,1-8H3/b16-11+. The lowest BCUT2D eigenvalue weighted by atomic mass is 10.2. The van der Waals surface area contributed by atoms with E-state index in [1.54, 1.807) is 6.92 Å². The van der Waals surface area contributed by atoms with E-state index in [9.17, 15) is 9.59 Å². The average molecular weight is 455 g/mol. The quantitative estimate of drug-likeness (QED) is 0.256. The Hall–Kier alpha value is -1.49. The first-order valence-corrected chi connectivity index (χ1v) is 16.4. The highest BCUT2D eigenvalue weighted by Gasteiger charge is 2.36. The van der Waals surface area contributed by atoms with Crippen LogP contribution in [0.1, 0.15) is 50.9 Å². The zero-order valence-electron chi connectivity index (χ0n) is 19.7. The zero-order chi connectivity index (χ0) is 23.0. The monoisotopic (exact) mass is 454 g/mol. The van der Waals surface area contributed by atoms with Crippen molar-refractivity contribution in [1.29, 1.82) is 0 Å². The van der Waals surface area contributed by atoms with Crippen LogP contribution in [0.3, 0.4) is 0 Å². The highest BCUT2D eigenvalue weighted by atomic mass is 28.4. The smallest absolute Gasteiger partial charge is 0.350 e. The van der Waals surface area contributed by atoms with Crippen molar-refractivity contribution in [3.05, 3.63) is 46.2 Å². The fourth-order valence-corrected chi connectivity index (χ4v) is 4.87. The molecule has 0 fully saturated rings. The number of ether oxygens (including phenoxy) is 1. The molecule has 0 spiro atoms. The molecule has 6 nitrogen and oxygen atoms in total.